The highest BCUT2D eigenvalue weighted by molar-refractivity contribution is 6.30. The SMILES string of the molecule is Cc1noc2nc(-c3ccccc3)cc(C(=O)N(C)Cc3cccc(Cl)c3)c12. The quantitative estimate of drug-likeness (QED) is 0.484. The highest BCUT2D eigenvalue weighted by Crippen LogP contribution is 2.28. The van der Waals surface area contributed by atoms with Gasteiger partial charge >= 0.3 is 0 Å². The van der Waals surface area contributed by atoms with Gasteiger partial charge in [-0.15, -0.1) is 0 Å². The third-order valence-electron chi connectivity index (χ3n) is 4.57. The standard InChI is InChI=1S/C22H18ClN3O2/c1-14-20-18(22(27)26(2)13-15-7-6-10-17(23)11-15)12-19(24-21(20)28-25-14)16-8-4-3-5-9-16/h3-12H,13H2,1-2H3. The number of aromatic nitrogens is 2. The van der Waals surface area contributed by atoms with Gasteiger partial charge in [0.1, 0.15) is 0 Å². The van der Waals surface area contributed by atoms with Gasteiger partial charge in [-0.25, -0.2) is 4.98 Å². The molecule has 0 saturated heterocycles. The van der Waals surface area contributed by atoms with E-state index in [0.717, 1.165) is 11.1 Å². The predicted molar refractivity (Wildman–Crippen MR) is 109 cm³/mol. The largest absolute Gasteiger partial charge is 0.337 e. The van der Waals surface area contributed by atoms with Crippen molar-refractivity contribution in [2.45, 2.75) is 13.5 Å². The van der Waals surface area contributed by atoms with Crippen LogP contribution in [0.15, 0.2) is 65.2 Å². The van der Waals surface area contributed by atoms with Crippen LogP contribution in [0.25, 0.3) is 22.4 Å². The van der Waals surface area contributed by atoms with Crippen LogP contribution >= 0.6 is 11.6 Å². The average molecular weight is 392 g/mol. The minimum absolute atomic E-state index is 0.129. The van der Waals surface area contributed by atoms with Gasteiger partial charge in [0.2, 0.25) is 0 Å². The van der Waals surface area contributed by atoms with Gasteiger partial charge in [-0.2, -0.15) is 0 Å². The van der Waals surface area contributed by atoms with Crippen molar-refractivity contribution in [3.05, 3.63) is 82.5 Å². The van der Waals surface area contributed by atoms with Crippen LogP contribution in [0.1, 0.15) is 21.6 Å². The summed E-state index contributed by atoms with van der Waals surface area (Å²) in [6, 6.07) is 19.0. The summed E-state index contributed by atoms with van der Waals surface area (Å²) in [5.41, 5.74) is 4.06. The molecule has 0 spiro atoms. The molecule has 140 valence electrons. The van der Waals surface area contributed by atoms with Gasteiger partial charge in [-0.05, 0) is 30.7 Å². The smallest absolute Gasteiger partial charge is 0.259 e. The number of rotatable bonds is 4. The molecule has 28 heavy (non-hydrogen) atoms. The lowest BCUT2D eigenvalue weighted by Crippen LogP contribution is -2.26. The zero-order valence-electron chi connectivity index (χ0n) is 15.5. The summed E-state index contributed by atoms with van der Waals surface area (Å²) < 4.78 is 5.37. The summed E-state index contributed by atoms with van der Waals surface area (Å²) in [4.78, 5) is 19.5. The Labute approximate surface area is 167 Å². The highest BCUT2D eigenvalue weighted by atomic mass is 35.5. The van der Waals surface area contributed by atoms with E-state index in [2.05, 4.69) is 10.1 Å². The minimum atomic E-state index is -0.129. The molecule has 0 N–H and O–H groups in total. The van der Waals surface area contributed by atoms with Gasteiger partial charge < -0.3 is 9.42 Å². The minimum Gasteiger partial charge on any atom is -0.337 e. The number of halogens is 1. The molecule has 0 fully saturated rings. The molecule has 2 aromatic heterocycles. The molecular weight excluding hydrogens is 374 g/mol. The summed E-state index contributed by atoms with van der Waals surface area (Å²) in [6.45, 7) is 2.25. The van der Waals surface area contributed by atoms with Crippen LogP contribution in [0, 0.1) is 6.92 Å². The number of carbonyl (C=O) groups is 1. The monoisotopic (exact) mass is 391 g/mol. The van der Waals surface area contributed by atoms with Crippen LogP contribution in [-0.4, -0.2) is 28.0 Å². The number of benzene rings is 2. The Morgan fingerprint density at radius 3 is 2.64 bits per heavy atom. The number of pyridine rings is 1. The Balaban J connectivity index is 1.75. The number of carbonyl (C=O) groups excluding carboxylic acids is 1. The lowest BCUT2D eigenvalue weighted by molar-refractivity contribution is 0.0787. The van der Waals surface area contributed by atoms with Crippen molar-refractivity contribution in [3.8, 4) is 11.3 Å². The van der Waals surface area contributed by atoms with Crippen LogP contribution in [-0.2, 0) is 6.54 Å². The van der Waals surface area contributed by atoms with Crippen molar-refractivity contribution in [3.63, 3.8) is 0 Å². The molecule has 5 nitrogen and oxygen atoms in total. The van der Waals surface area contributed by atoms with E-state index in [-0.39, 0.29) is 5.91 Å². The van der Waals surface area contributed by atoms with Crippen LogP contribution in [0.5, 0.6) is 0 Å². The molecule has 0 radical (unpaired) electrons. The number of hydrogen-bond donors (Lipinski definition) is 0. The maximum Gasteiger partial charge on any atom is 0.259 e. The molecule has 1 amide bonds. The van der Waals surface area contributed by atoms with Gasteiger partial charge in [0.15, 0.2) is 0 Å². The van der Waals surface area contributed by atoms with Crippen LogP contribution in [0.2, 0.25) is 5.02 Å². The molecular formula is C22H18ClN3O2. The topological polar surface area (TPSA) is 59.2 Å². The van der Waals surface area contributed by atoms with Crippen molar-refractivity contribution in [2.24, 2.45) is 0 Å². The van der Waals surface area contributed by atoms with Gasteiger partial charge in [-0.1, -0.05) is 59.2 Å². The van der Waals surface area contributed by atoms with E-state index < -0.39 is 0 Å². The van der Waals surface area contributed by atoms with E-state index in [1.807, 2.05) is 61.5 Å². The van der Waals surface area contributed by atoms with E-state index in [0.29, 0.717) is 39.6 Å². The lowest BCUT2D eigenvalue weighted by atomic mass is 10.0. The Kier molecular flexibility index (Phi) is 4.84. The van der Waals surface area contributed by atoms with E-state index in [9.17, 15) is 4.79 Å². The summed E-state index contributed by atoms with van der Waals surface area (Å²) in [5.74, 6) is -0.129. The van der Waals surface area contributed by atoms with Crippen molar-refractivity contribution in [1.82, 2.24) is 15.0 Å². The Morgan fingerprint density at radius 2 is 1.89 bits per heavy atom. The van der Waals surface area contributed by atoms with E-state index >= 15 is 0 Å². The fourth-order valence-corrected chi connectivity index (χ4v) is 3.42. The van der Waals surface area contributed by atoms with Crippen molar-refractivity contribution in [2.75, 3.05) is 7.05 Å². The Morgan fingerprint density at radius 1 is 1.11 bits per heavy atom. The third kappa shape index (κ3) is 3.49. The first-order chi connectivity index (χ1) is 13.5. The molecule has 0 atom stereocenters. The summed E-state index contributed by atoms with van der Waals surface area (Å²) in [5, 5.41) is 5.29. The summed E-state index contributed by atoms with van der Waals surface area (Å²) in [7, 11) is 1.76. The van der Waals surface area contributed by atoms with Crippen molar-refractivity contribution in [1.29, 1.82) is 0 Å². The fraction of sp³-hybridized carbons (Fsp3) is 0.136. The number of hydrogen-bond acceptors (Lipinski definition) is 4. The molecule has 2 heterocycles. The number of fused-ring (bicyclic) bond motifs is 1. The first-order valence-electron chi connectivity index (χ1n) is 8.85. The van der Waals surface area contributed by atoms with Crippen LogP contribution in [0.4, 0.5) is 0 Å². The Bertz CT molecular complexity index is 1160. The van der Waals surface area contributed by atoms with Crippen LogP contribution < -0.4 is 0 Å². The first-order valence-corrected chi connectivity index (χ1v) is 9.23. The zero-order valence-corrected chi connectivity index (χ0v) is 16.3. The molecule has 0 unspecified atom stereocenters. The number of aryl methyl sites for hydroxylation is 1. The molecule has 4 rings (SSSR count). The zero-order chi connectivity index (χ0) is 19.7. The maximum absolute atomic E-state index is 13.3. The van der Waals surface area contributed by atoms with E-state index in [4.69, 9.17) is 16.1 Å². The van der Waals surface area contributed by atoms with Gasteiger partial charge in [-0.3, -0.25) is 4.79 Å². The van der Waals surface area contributed by atoms with Crippen molar-refractivity contribution >= 4 is 28.6 Å². The van der Waals surface area contributed by atoms with Gasteiger partial charge in [0.25, 0.3) is 11.6 Å². The second-order valence-corrected chi connectivity index (χ2v) is 7.10. The average Bonchev–Trinajstić information content (AvgIpc) is 3.08. The van der Waals surface area contributed by atoms with E-state index in [1.165, 1.54) is 0 Å². The maximum atomic E-state index is 13.3. The molecule has 4 aromatic rings. The summed E-state index contributed by atoms with van der Waals surface area (Å²) >= 11 is 6.07. The normalized spacial score (nSPS) is 11.0. The molecule has 6 heteroatoms. The lowest BCUT2D eigenvalue weighted by Gasteiger charge is -2.18. The molecule has 0 aliphatic heterocycles. The fourth-order valence-electron chi connectivity index (χ4n) is 3.21. The molecule has 0 bridgehead atoms. The molecule has 0 aliphatic carbocycles. The van der Waals surface area contributed by atoms with Gasteiger partial charge in [0, 0.05) is 24.2 Å². The highest BCUT2D eigenvalue weighted by Gasteiger charge is 2.22. The number of nitrogens with zero attached hydrogens (tertiary/aromatic N) is 3. The first kappa shape index (κ1) is 18.2. The molecule has 2 aromatic carbocycles. The summed E-state index contributed by atoms with van der Waals surface area (Å²) in [6.07, 6.45) is 0. The molecule has 0 aliphatic rings. The van der Waals surface area contributed by atoms with E-state index in [1.54, 1.807) is 18.0 Å². The second-order valence-electron chi connectivity index (χ2n) is 6.66. The number of amides is 1. The van der Waals surface area contributed by atoms with Crippen molar-refractivity contribution < 1.29 is 9.32 Å². The predicted octanol–water partition coefficient (Wildman–Crippen LogP) is 5.12. The molecule has 0 saturated carbocycles. The third-order valence-corrected chi connectivity index (χ3v) is 4.81. The second kappa shape index (κ2) is 7.44. The van der Waals surface area contributed by atoms with Gasteiger partial charge in [0.05, 0.1) is 22.3 Å². The van der Waals surface area contributed by atoms with Crippen LogP contribution in [0.3, 0.4) is 0 Å². The Hall–Kier alpha value is -3.18.